The minimum Gasteiger partial charge on any atom is -0.494 e. The van der Waals surface area contributed by atoms with Gasteiger partial charge in [0.2, 0.25) is 0 Å². The molecule has 7 heteroatoms. The highest BCUT2D eigenvalue weighted by Crippen LogP contribution is 2.22. The first-order chi connectivity index (χ1) is 9.61. The summed E-state index contributed by atoms with van der Waals surface area (Å²) in [6, 6.07) is 7.61. The molecule has 1 heterocycles. The van der Waals surface area contributed by atoms with Crippen molar-refractivity contribution in [2.75, 3.05) is 12.4 Å². The van der Waals surface area contributed by atoms with Crippen LogP contribution in [-0.4, -0.2) is 27.1 Å². The maximum Gasteiger partial charge on any atom is 0.343 e. The Hall–Kier alpha value is -1.73. The Morgan fingerprint density at radius 1 is 1.45 bits per heavy atom. The topological polar surface area (TPSA) is 85.9 Å². The average Bonchev–Trinajstić information content (AvgIpc) is 2.77. The van der Waals surface area contributed by atoms with E-state index in [0.29, 0.717) is 17.5 Å². The molecule has 3 N–H and O–H groups in total. The number of nitrogens with one attached hydrogen (secondary N) is 1. The molecular formula is C13H18N4O2S. The third kappa shape index (κ3) is 3.43. The first-order valence-corrected chi connectivity index (χ1v) is 7.33. The summed E-state index contributed by atoms with van der Waals surface area (Å²) in [6.07, 6.45) is 0. The van der Waals surface area contributed by atoms with Gasteiger partial charge < -0.3 is 10.5 Å². The highest BCUT2D eigenvalue weighted by Gasteiger charge is 2.10. The Morgan fingerprint density at radius 3 is 2.70 bits per heavy atom. The van der Waals surface area contributed by atoms with Gasteiger partial charge in [-0.3, -0.25) is 4.57 Å². The van der Waals surface area contributed by atoms with E-state index >= 15 is 0 Å². The molecule has 0 saturated heterocycles. The van der Waals surface area contributed by atoms with E-state index in [1.165, 1.54) is 16.3 Å². The zero-order valence-electron chi connectivity index (χ0n) is 11.5. The molecule has 0 saturated carbocycles. The number of thioether (sulfide) groups is 1. The summed E-state index contributed by atoms with van der Waals surface area (Å²) in [5.74, 6) is 1.48. The lowest BCUT2D eigenvalue weighted by Gasteiger charge is -2.12. The van der Waals surface area contributed by atoms with Gasteiger partial charge in [0.25, 0.3) is 0 Å². The van der Waals surface area contributed by atoms with Gasteiger partial charge in [-0.25, -0.2) is 9.89 Å². The maximum atomic E-state index is 11.2. The average molecular weight is 294 g/mol. The van der Waals surface area contributed by atoms with Gasteiger partial charge in [-0.1, -0.05) is 23.9 Å². The maximum absolute atomic E-state index is 11.2. The Kier molecular flexibility index (Phi) is 4.86. The number of hydrogen-bond acceptors (Lipinski definition) is 5. The van der Waals surface area contributed by atoms with Crippen molar-refractivity contribution in [1.29, 1.82) is 0 Å². The number of nitrogens with zero attached hydrogens (tertiary/aromatic N) is 2. The highest BCUT2D eigenvalue weighted by molar-refractivity contribution is 7.99. The lowest BCUT2D eigenvalue weighted by Crippen LogP contribution is -2.15. The number of aromatic nitrogens is 3. The largest absolute Gasteiger partial charge is 0.494 e. The number of H-pyrrole nitrogens is 1. The fourth-order valence-corrected chi connectivity index (χ4v) is 2.61. The lowest BCUT2D eigenvalue weighted by atomic mass is 10.1. The van der Waals surface area contributed by atoms with E-state index in [1.807, 2.05) is 31.2 Å². The second-order valence-electron chi connectivity index (χ2n) is 4.29. The fraction of sp³-hybridized carbons (Fsp3) is 0.385. The van der Waals surface area contributed by atoms with Crippen LogP contribution in [0.4, 0.5) is 0 Å². The van der Waals surface area contributed by atoms with E-state index in [-0.39, 0.29) is 11.7 Å². The number of rotatable bonds is 6. The van der Waals surface area contributed by atoms with Gasteiger partial charge >= 0.3 is 5.69 Å². The molecule has 0 aliphatic rings. The summed E-state index contributed by atoms with van der Waals surface area (Å²) in [4.78, 5) is 11.2. The quantitative estimate of drug-likeness (QED) is 0.784. The van der Waals surface area contributed by atoms with Crippen LogP contribution in [0, 0.1) is 0 Å². The standard InChI is InChI=1S/C13H18N4O2S/c1-3-19-10-6-4-9(5-7-10)11(14)8-20-13-16-15-12(18)17(13)2/h4-7,11H,3,8,14H2,1-2H3,(H,15,18). The van der Waals surface area contributed by atoms with E-state index in [0.717, 1.165) is 11.3 Å². The number of ether oxygens (including phenoxy) is 1. The normalized spacial score (nSPS) is 12.3. The molecular weight excluding hydrogens is 276 g/mol. The minimum absolute atomic E-state index is 0.123. The molecule has 1 unspecified atom stereocenters. The Morgan fingerprint density at radius 2 is 2.15 bits per heavy atom. The third-order valence-corrected chi connectivity index (χ3v) is 4.00. The van der Waals surface area contributed by atoms with Crippen LogP contribution in [0.2, 0.25) is 0 Å². The zero-order valence-corrected chi connectivity index (χ0v) is 12.3. The summed E-state index contributed by atoms with van der Waals surface area (Å²) in [5.41, 5.74) is 6.95. The molecule has 2 rings (SSSR count). The van der Waals surface area contributed by atoms with E-state index in [9.17, 15) is 4.79 Å². The molecule has 2 aromatic rings. The molecule has 1 aromatic carbocycles. The fourth-order valence-electron chi connectivity index (χ4n) is 1.70. The summed E-state index contributed by atoms with van der Waals surface area (Å²) in [7, 11) is 1.68. The van der Waals surface area contributed by atoms with Crippen LogP contribution in [0.5, 0.6) is 5.75 Å². The van der Waals surface area contributed by atoms with Crippen molar-refractivity contribution in [3.63, 3.8) is 0 Å². The predicted octanol–water partition coefficient (Wildman–Crippen LogP) is 1.30. The molecule has 1 atom stereocenters. The van der Waals surface area contributed by atoms with Crippen molar-refractivity contribution >= 4 is 11.8 Å². The Labute approximate surface area is 121 Å². The second-order valence-corrected chi connectivity index (χ2v) is 5.28. The Balaban J connectivity index is 1.96. The summed E-state index contributed by atoms with van der Waals surface area (Å²) in [5, 5.41) is 6.97. The molecule has 0 fully saturated rings. The van der Waals surface area contributed by atoms with Crippen LogP contribution in [0.15, 0.2) is 34.2 Å². The molecule has 0 aliphatic carbocycles. The highest BCUT2D eigenvalue weighted by atomic mass is 32.2. The van der Waals surface area contributed by atoms with Crippen molar-refractivity contribution in [1.82, 2.24) is 14.8 Å². The van der Waals surface area contributed by atoms with Gasteiger partial charge in [-0.15, -0.1) is 5.10 Å². The van der Waals surface area contributed by atoms with Gasteiger partial charge in [0.05, 0.1) is 6.61 Å². The van der Waals surface area contributed by atoms with Crippen molar-refractivity contribution in [2.24, 2.45) is 12.8 Å². The van der Waals surface area contributed by atoms with Gasteiger partial charge in [0.15, 0.2) is 5.16 Å². The van der Waals surface area contributed by atoms with Crippen LogP contribution in [0.25, 0.3) is 0 Å². The van der Waals surface area contributed by atoms with Gasteiger partial charge in [-0.2, -0.15) is 0 Å². The van der Waals surface area contributed by atoms with Crippen molar-refractivity contribution in [3.8, 4) is 5.75 Å². The third-order valence-electron chi connectivity index (χ3n) is 2.85. The molecule has 0 amide bonds. The van der Waals surface area contributed by atoms with E-state index < -0.39 is 0 Å². The molecule has 20 heavy (non-hydrogen) atoms. The summed E-state index contributed by atoms with van der Waals surface area (Å²) >= 11 is 1.45. The van der Waals surface area contributed by atoms with Gasteiger partial charge in [0.1, 0.15) is 5.75 Å². The molecule has 0 aliphatic heterocycles. The van der Waals surface area contributed by atoms with Crippen LogP contribution in [-0.2, 0) is 7.05 Å². The monoisotopic (exact) mass is 294 g/mol. The summed E-state index contributed by atoms with van der Waals surface area (Å²) in [6.45, 7) is 2.60. The first-order valence-electron chi connectivity index (χ1n) is 6.34. The molecule has 0 spiro atoms. The molecule has 108 valence electrons. The number of hydrogen-bond donors (Lipinski definition) is 2. The minimum atomic E-state index is -0.220. The van der Waals surface area contributed by atoms with E-state index in [4.69, 9.17) is 10.5 Å². The van der Waals surface area contributed by atoms with Crippen LogP contribution in [0.3, 0.4) is 0 Å². The first kappa shape index (κ1) is 14.7. The van der Waals surface area contributed by atoms with Crippen LogP contribution < -0.4 is 16.2 Å². The smallest absolute Gasteiger partial charge is 0.343 e. The Bertz CT molecular complexity index is 606. The molecule has 6 nitrogen and oxygen atoms in total. The van der Waals surface area contributed by atoms with E-state index in [2.05, 4.69) is 10.2 Å². The lowest BCUT2D eigenvalue weighted by molar-refractivity contribution is 0.340. The second kappa shape index (κ2) is 6.62. The molecule has 0 bridgehead atoms. The summed E-state index contributed by atoms with van der Waals surface area (Å²) < 4.78 is 6.86. The van der Waals surface area contributed by atoms with Gasteiger partial charge in [0, 0.05) is 18.8 Å². The molecule has 0 radical (unpaired) electrons. The van der Waals surface area contributed by atoms with Crippen LogP contribution in [0.1, 0.15) is 18.5 Å². The van der Waals surface area contributed by atoms with Gasteiger partial charge in [-0.05, 0) is 24.6 Å². The number of benzene rings is 1. The van der Waals surface area contributed by atoms with Crippen LogP contribution >= 0.6 is 11.8 Å². The zero-order chi connectivity index (χ0) is 14.5. The predicted molar refractivity (Wildman–Crippen MR) is 79.1 cm³/mol. The number of aromatic amines is 1. The number of nitrogens with two attached hydrogens (primary N) is 1. The molecule has 1 aromatic heterocycles. The van der Waals surface area contributed by atoms with E-state index in [1.54, 1.807) is 7.05 Å². The SMILES string of the molecule is CCOc1ccc(C(N)CSc2n[nH]c(=O)n2C)cc1. The van der Waals surface area contributed by atoms with Crippen molar-refractivity contribution < 1.29 is 4.74 Å². The van der Waals surface area contributed by atoms with Crippen molar-refractivity contribution in [2.45, 2.75) is 18.1 Å². The van der Waals surface area contributed by atoms with Crippen molar-refractivity contribution in [3.05, 3.63) is 40.3 Å².